The Bertz CT molecular complexity index is 991. The van der Waals surface area contributed by atoms with Gasteiger partial charge in [-0.3, -0.25) is 9.59 Å². The smallest absolute Gasteiger partial charge is 0.414 e. The first kappa shape index (κ1) is 24.3. The fraction of sp³-hybridized carbons (Fsp3) is 0.273. The van der Waals surface area contributed by atoms with Crippen molar-refractivity contribution < 1.29 is 38.9 Å². The van der Waals surface area contributed by atoms with E-state index in [9.17, 15) is 19.1 Å². The number of amides is 1. The van der Waals surface area contributed by atoms with Crippen LogP contribution in [0.15, 0.2) is 42.5 Å². The summed E-state index contributed by atoms with van der Waals surface area (Å²) in [6.45, 7) is 2.05. The number of anilines is 1. The molecule has 9 nitrogen and oxygen atoms in total. The number of aliphatic carboxylic acids is 3. The third-order valence-corrected chi connectivity index (χ3v) is 5.11. The molecule has 0 saturated carbocycles. The molecule has 10 heteroatoms. The Morgan fingerprint density at radius 2 is 1.59 bits per heavy atom. The molecule has 0 unspecified atom stereocenters. The number of nitrogens with two attached hydrogens (primary N) is 1. The first-order valence-electron chi connectivity index (χ1n) is 9.65. The third-order valence-electron chi connectivity index (χ3n) is 5.11. The molecule has 5 N–H and O–H groups in total. The molecule has 1 amide bonds. The second kappa shape index (κ2) is 10.4. The van der Waals surface area contributed by atoms with Crippen molar-refractivity contribution >= 4 is 29.5 Å². The normalized spacial score (nSPS) is 17.6. The molecule has 32 heavy (non-hydrogen) atoms. The first-order valence-corrected chi connectivity index (χ1v) is 9.65. The summed E-state index contributed by atoms with van der Waals surface area (Å²) in [7, 11) is 0. The summed E-state index contributed by atoms with van der Waals surface area (Å²) in [5, 5.41) is 24.4. The summed E-state index contributed by atoms with van der Waals surface area (Å²) in [5.41, 5.74) is 7.50. The van der Waals surface area contributed by atoms with E-state index in [2.05, 4.69) is 0 Å². The lowest BCUT2D eigenvalue weighted by molar-refractivity contribution is -0.159. The van der Waals surface area contributed by atoms with Gasteiger partial charge in [-0.1, -0.05) is 24.3 Å². The lowest BCUT2D eigenvalue weighted by Crippen LogP contribution is -2.45. The Morgan fingerprint density at radius 3 is 2.09 bits per heavy atom. The molecule has 1 aliphatic heterocycles. The van der Waals surface area contributed by atoms with Gasteiger partial charge in [0.15, 0.2) is 0 Å². The summed E-state index contributed by atoms with van der Waals surface area (Å²) >= 11 is 0. The highest BCUT2D eigenvalue weighted by Gasteiger charge is 2.40. The van der Waals surface area contributed by atoms with Crippen LogP contribution in [0.5, 0.6) is 0 Å². The zero-order valence-electron chi connectivity index (χ0n) is 17.2. The quantitative estimate of drug-likeness (QED) is 0.414. The highest BCUT2D eigenvalue weighted by Crippen LogP contribution is 2.38. The van der Waals surface area contributed by atoms with Crippen molar-refractivity contribution in [2.45, 2.75) is 25.8 Å². The number of rotatable bonds is 3. The molecular weight excluding hydrogens is 423 g/mol. The van der Waals surface area contributed by atoms with Gasteiger partial charge >= 0.3 is 17.9 Å². The second-order valence-electron chi connectivity index (χ2n) is 7.24. The third kappa shape index (κ3) is 5.60. The van der Waals surface area contributed by atoms with Crippen LogP contribution in [0.25, 0.3) is 0 Å². The SMILES string of the molecule is Cc1cccc(F)c1C(=O)N1CCC[C@H](C(=O)O)[C@@H]1c1ccc(N)cc1.O=C(O)C(=O)O. The van der Waals surface area contributed by atoms with Gasteiger partial charge in [0.25, 0.3) is 5.91 Å². The number of carboxylic acid groups (broad SMARTS) is 3. The van der Waals surface area contributed by atoms with E-state index < -0.39 is 41.6 Å². The number of nitrogen functional groups attached to an aromatic ring is 1. The lowest BCUT2D eigenvalue weighted by atomic mass is 9.84. The largest absolute Gasteiger partial charge is 0.481 e. The monoisotopic (exact) mass is 446 g/mol. The number of hydrogen-bond acceptors (Lipinski definition) is 5. The van der Waals surface area contributed by atoms with Crippen molar-refractivity contribution in [3.05, 3.63) is 65.0 Å². The Labute approximate surface area is 182 Å². The maximum Gasteiger partial charge on any atom is 0.414 e. The minimum Gasteiger partial charge on any atom is -0.481 e. The molecule has 2 atom stereocenters. The zero-order chi connectivity index (χ0) is 24.0. The predicted molar refractivity (Wildman–Crippen MR) is 111 cm³/mol. The van der Waals surface area contributed by atoms with Crippen molar-refractivity contribution in [1.82, 2.24) is 4.90 Å². The van der Waals surface area contributed by atoms with Crippen molar-refractivity contribution in [2.75, 3.05) is 12.3 Å². The highest BCUT2D eigenvalue weighted by atomic mass is 19.1. The van der Waals surface area contributed by atoms with Gasteiger partial charge in [-0.25, -0.2) is 14.0 Å². The van der Waals surface area contributed by atoms with E-state index in [1.165, 1.54) is 11.0 Å². The Kier molecular flexibility index (Phi) is 7.89. The summed E-state index contributed by atoms with van der Waals surface area (Å²) < 4.78 is 14.3. The van der Waals surface area contributed by atoms with Crippen molar-refractivity contribution in [2.24, 2.45) is 5.92 Å². The van der Waals surface area contributed by atoms with E-state index in [1.54, 1.807) is 43.3 Å². The number of likely N-dealkylation sites (tertiary alicyclic amines) is 1. The van der Waals surface area contributed by atoms with Crippen molar-refractivity contribution in [1.29, 1.82) is 0 Å². The highest BCUT2D eigenvalue weighted by molar-refractivity contribution is 6.27. The minimum absolute atomic E-state index is 0.000941. The van der Waals surface area contributed by atoms with Crippen LogP contribution in [-0.4, -0.2) is 50.6 Å². The molecule has 0 bridgehead atoms. The van der Waals surface area contributed by atoms with Crippen LogP contribution in [0.2, 0.25) is 0 Å². The van der Waals surface area contributed by atoms with Gasteiger partial charge in [0, 0.05) is 12.2 Å². The van der Waals surface area contributed by atoms with E-state index in [0.29, 0.717) is 36.2 Å². The molecule has 1 saturated heterocycles. The average Bonchev–Trinajstić information content (AvgIpc) is 2.74. The van der Waals surface area contributed by atoms with E-state index in [1.807, 2.05) is 0 Å². The number of nitrogens with zero attached hydrogens (tertiary/aromatic N) is 1. The van der Waals surface area contributed by atoms with Gasteiger partial charge in [-0.05, 0) is 49.1 Å². The number of hydrogen-bond donors (Lipinski definition) is 4. The fourth-order valence-electron chi connectivity index (χ4n) is 3.63. The Hall–Kier alpha value is -3.95. The van der Waals surface area contributed by atoms with Crippen molar-refractivity contribution in [3.63, 3.8) is 0 Å². The lowest BCUT2D eigenvalue weighted by Gasteiger charge is -2.40. The van der Waals surface area contributed by atoms with E-state index in [0.717, 1.165) is 0 Å². The van der Waals surface area contributed by atoms with Crippen LogP contribution < -0.4 is 5.73 Å². The predicted octanol–water partition coefficient (Wildman–Crippen LogP) is 2.55. The van der Waals surface area contributed by atoms with E-state index in [4.69, 9.17) is 25.5 Å². The van der Waals surface area contributed by atoms with Gasteiger partial charge in [0.05, 0.1) is 17.5 Å². The number of carboxylic acids is 3. The number of piperidine rings is 1. The number of benzene rings is 2. The van der Waals surface area contributed by atoms with E-state index >= 15 is 0 Å². The summed E-state index contributed by atoms with van der Waals surface area (Å²) in [4.78, 5) is 44.6. The average molecular weight is 446 g/mol. The molecule has 3 rings (SSSR count). The summed E-state index contributed by atoms with van der Waals surface area (Å²) in [6.07, 6.45) is 1.02. The summed E-state index contributed by atoms with van der Waals surface area (Å²) in [5.74, 6) is -6.43. The molecule has 0 spiro atoms. The van der Waals surface area contributed by atoms with Gasteiger partial charge in [0.2, 0.25) is 0 Å². The van der Waals surface area contributed by atoms with Crippen LogP contribution in [0, 0.1) is 18.7 Å². The van der Waals surface area contributed by atoms with Crippen LogP contribution in [-0.2, 0) is 14.4 Å². The molecule has 0 aromatic heterocycles. The molecule has 1 heterocycles. The molecule has 170 valence electrons. The van der Waals surface area contributed by atoms with E-state index in [-0.39, 0.29) is 5.56 Å². The van der Waals surface area contributed by atoms with Gasteiger partial charge < -0.3 is 26.0 Å². The molecule has 0 radical (unpaired) electrons. The number of halogens is 1. The zero-order valence-corrected chi connectivity index (χ0v) is 17.2. The van der Waals surface area contributed by atoms with Crippen LogP contribution in [0.4, 0.5) is 10.1 Å². The Balaban J connectivity index is 0.000000534. The maximum atomic E-state index is 14.3. The van der Waals surface area contributed by atoms with Crippen LogP contribution >= 0.6 is 0 Å². The molecule has 2 aromatic carbocycles. The second-order valence-corrected chi connectivity index (χ2v) is 7.24. The standard InChI is InChI=1S/C20H21FN2O3.C2H2O4/c1-12-4-2-6-16(21)17(12)19(24)23-11-3-5-15(20(25)26)18(23)13-7-9-14(22)10-8-13;3-1(4)2(5)6/h2,4,6-10,15,18H,3,5,11,22H2,1H3,(H,25,26);(H,3,4)(H,5,6)/t15-,18-;/m0./s1. The number of carbonyl (C=O) groups is 4. The number of carbonyl (C=O) groups excluding carboxylic acids is 1. The first-order chi connectivity index (χ1) is 15.0. The van der Waals surface area contributed by atoms with Crippen LogP contribution in [0.1, 0.15) is 40.4 Å². The van der Waals surface area contributed by atoms with Gasteiger partial charge in [-0.2, -0.15) is 0 Å². The van der Waals surface area contributed by atoms with Crippen molar-refractivity contribution in [3.8, 4) is 0 Å². The molecule has 2 aromatic rings. The number of aryl methyl sites for hydroxylation is 1. The summed E-state index contributed by atoms with van der Waals surface area (Å²) in [6, 6.07) is 10.6. The van der Waals surface area contributed by atoms with Gasteiger partial charge in [0.1, 0.15) is 5.82 Å². The Morgan fingerprint density at radius 1 is 1.00 bits per heavy atom. The fourth-order valence-corrected chi connectivity index (χ4v) is 3.63. The van der Waals surface area contributed by atoms with Gasteiger partial charge in [-0.15, -0.1) is 0 Å². The molecule has 1 aliphatic rings. The molecule has 0 aliphatic carbocycles. The topological polar surface area (TPSA) is 158 Å². The molecule has 1 fully saturated rings. The molecular formula is C22H23FN2O7. The maximum absolute atomic E-state index is 14.3. The minimum atomic E-state index is -1.82. The van der Waals surface area contributed by atoms with Crippen LogP contribution in [0.3, 0.4) is 0 Å².